The van der Waals surface area contributed by atoms with Gasteiger partial charge in [0.25, 0.3) is 0 Å². The van der Waals surface area contributed by atoms with Crippen LogP contribution in [0, 0.1) is 23.7 Å². The van der Waals surface area contributed by atoms with Gasteiger partial charge in [-0.1, -0.05) is 40.5 Å². The van der Waals surface area contributed by atoms with Gasteiger partial charge in [-0.25, -0.2) is 0 Å². The van der Waals surface area contributed by atoms with E-state index in [4.69, 9.17) is 18.9 Å². The van der Waals surface area contributed by atoms with Crippen LogP contribution in [0.3, 0.4) is 0 Å². The second-order valence-corrected chi connectivity index (χ2v) is 11.5. The third-order valence-corrected chi connectivity index (χ3v) is 8.69. The van der Waals surface area contributed by atoms with E-state index in [2.05, 4.69) is 27.7 Å². The summed E-state index contributed by atoms with van der Waals surface area (Å²) in [4.78, 5) is 0. The highest BCUT2D eigenvalue weighted by molar-refractivity contribution is 4.94. The Morgan fingerprint density at radius 3 is 1.50 bits per heavy atom. The van der Waals surface area contributed by atoms with E-state index in [0.29, 0.717) is 13.2 Å². The van der Waals surface area contributed by atoms with Crippen molar-refractivity contribution in [3.63, 3.8) is 0 Å². The quantitative estimate of drug-likeness (QED) is 0.441. The molecular formula is C26H46O4. The van der Waals surface area contributed by atoms with E-state index in [-0.39, 0.29) is 23.8 Å². The summed E-state index contributed by atoms with van der Waals surface area (Å²) >= 11 is 0. The monoisotopic (exact) mass is 422 g/mol. The third kappa shape index (κ3) is 5.42. The minimum Gasteiger partial charge on any atom is -0.350 e. The standard InChI is InChI=1S/C26H46O4/c1-19(2)21-7-5-11-25(17-21)13-9-23(29-25)27-15-16-28-24-10-14-26(30-24)12-6-8-22(18-26)20(3)4/h19-24H,5-18H2,1-4H3. The van der Waals surface area contributed by atoms with E-state index in [1.54, 1.807) is 0 Å². The van der Waals surface area contributed by atoms with E-state index in [0.717, 1.165) is 49.4 Å². The lowest BCUT2D eigenvalue weighted by molar-refractivity contribution is -0.211. The molecule has 4 nitrogen and oxygen atoms in total. The lowest BCUT2D eigenvalue weighted by atomic mass is 9.72. The molecule has 2 spiro atoms. The van der Waals surface area contributed by atoms with Crippen molar-refractivity contribution in [2.75, 3.05) is 13.2 Å². The Bertz CT molecular complexity index is 501. The molecular weight excluding hydrogens is 376 g/mol. The Morgan fingerprint density at radius 2 is 1.10 bits per heavy atom. The fourth-order valence-corrected chi connectivity index (χ4v) is 6.69. The van der Waals surface area contributed by atoms with Gasteiger partial charge in [-0.05, 0) is 75.0 Å². The summed E-state index contributed by atoms with van der Waals surface area (Å²) in [6.07, 6.45) is 14.5. The molecule has 0 amide bonds. The summed E-state index contributed by atoms with van der Waals surface area (Å²) in [5.74, 6) is 3.13. The predicted octanol–water partition coefficient (Wildman–Crippen LogP) is 6.46. The number of ether oxygens (including phenoxy) is 4. The minimum atomic E-state index is -0.0412. The van der Waals surface area contributed by atoms with E-state index in [1.165, 1.54) is 51.4 Å². The maximum Gasteiger partial charge on any atom is 0.158 e. The molecule has 0 radical (unpaired) electrons. The lowest BCUT2D eigenvalue weighted by Crippen LogP contribution is -2.37. The van der Waals surface area contributed by atoms with Crippen molar-refractivity contribution in [3.05, 3.63) is 0 Å². The molecule has 2 heterocycles. The highest BCUT2D eigenvalue weighted by atomic mass is 16.7. The molecule has 2 saturated heterocycles. The van der Waals surface area contributed by atoms with Gasteiger partial charge in [-0.2, -0.15) is 0 Å². The summed E-state index contributed by atoms with van der Waals surface area (Å²) in [5, 5.41) is 0. The molecule has 6 unspecified atom stereocenters. The molecule has 2 aliphatic heterocycles. The molecule has 2 saturated carbocycles. The molecule has 6 atom stereocenters. The molecule has 0 aromatic carbocycles. The van der Waals surface area contributed by atoms with Gasteiger partial charge in [0.1, 0.15) is 0 Å². The molecule has 0 N–H and O–H groups in total. The summed E-state index contributed by atoms with van der Waals surface area (Å²) in [6, 6.07) is 0. The van der Waals surface area contributed by atoms with Crippen molar-refractivity contribution >= 4 is 0 Å². The van der Waals surface area contributed by atoms with E-state index in [1.807, 2.05) is 0 Å². The van der Waals surface area contributed by atoms with Gasteiger partial charge in [0, 0.05) is 12.8 Å². The third-order valence-electron chi connectivity index (χ3n) is 8.69. The Kier molecular flexibility index (Phi) is 7.49. The fraction of sp³-hybridized carbons (Fsp3) is 1.00. The lowest BCUT2D eigenvalue weighted by Gasteiger charge is -2.39. The van der Waals surface area contributed by atoms with Crippen molar-refractivity contribution in [2.24, 2.45) is 23.7 Å². The second-order valence-electron chi connectivity index (χ2n) is 11.5. The van der Waals surface area contributed by atoms with E-state index in [9.17, 15) is 0 Å². The molecule has 0 aromatic rings. The van der Waals surface area contributed by atoms with E-state index >= 15 is 0 Å². The van der Waals surface area contributed by atoms with Gasteiger partial charge in [-0.15, -0.1) is 0 Å². The Morgan fingerprint density at radius 1 is 0.667 bits per heavy atom. The van der Waals surface area contributed by atoms with Crippen molar-refractivity contribution in [2.45, 2.75) is 129 Å². The number of hydrogen-bond acceptors (Lipinski definition) is 4. The Labute approximate surface area is 184 Å². The summed E-state index contributed by atoms with van der Waals surface area (Å²) < 4.78 is 25.1. The zero-order valence-corrected chi connectivity index (χ0v) is 20.0. The van der Waals surface area contributed by atoms with Gasteiger partial charge in [0.15, 0.2) is 12.6 Å². The average Bonchev–Trinajstić information content (AvgIpc) is 3.29. The first-order valence-electron chi connectivity index (χ1n) is 13.0. The normalized spacial score (nSPS) is 42.2. The maximum atomic E-state index is 6.46. The molecule has 4 aliphatic rings. The van der Waals surface area contributed by atoms with Crippen LogP contribution >= 0.6 is 0 Å². The summed E-state index contributed by atoms with van der Waals surface area (Å²) in [7, 11) is 0. The van der Waals surface area contributed by atoms with Crippen LogP contribution < -0.4 is 0 Å². The second kappa shape index (κ2) is 9.77. The molecule has 0 bridgehead atoms. The van der Waals surface area contributed by atoms with Crippen LogP contribution in [0.1, 0.15) is 105 Å². The van der Waals surface area contributed by atoms with Crippen molar-refractivity contribution in [1.29, 1.82) is 0 Å². The van der Waals surface area contributed by atoms with Crippen molar-refractivity contribution in [3.8, 4) is 0 Å². The fourth-order valence-electron chi connectivity index (χ4n) is 6.69. The van der Waals surface area contributed by atoms with Crippen molar-refractivity contribution in [1.82, 2.24) is 0 Å². The molecule has 30 heavy (non-hydrogen) atoms. The molecule has 4 rings (SSSR count). The molecule has 4 fully saturated rings. The predicted molar refractivity (Wildman–Crippen MR) is 119 cm³/mol. The minimum absolute atomic E-state index is 0.0412. The first-order valence-corrected chi connectivity index (χ1v) is 13.0. The van der Waals surface area contributed by atoms with Crippen LogP contribution in [0.15, 0.2) is 0 Å². The topological polar surface area (TPSA) is 36.9 Å². The summed E-state index contributed by atoms with van der Waals surface area (Å²) in [5.41, 5.74) is 0.182. The van der Waals surface area contributed by atoms with Crippen LogP contribution in [0.4, 0.5) is 0 Å². The number of hydrogen-bond donors (Lipinski definition) is 0. The zero-order valence-electron chi connectivity index (χ0n) is 20.0. The van der Waals surface area contributed by atoms with Gasteiger partial charge >= 0.3 is 0 Å². The summed E-state index contributed by atoms with van der Waals surface area (Å²) in [6.45, 7) is 10.6. The maximum absolute atomic E-state index is 6.46. The van der Waals surface area contributed by atoms with Crippen LogP contribution in [-0.2, 0) is 18.9 Å². The highest BCUT2D eigenvalue weighted by Gasteiger charge is 2.46. The zero-order chi connectivity index (χ0) is 21.2. The van der Waals surface area contributed by atoms with Crippen molar-refractivity contribution < 1.29 is 18.9 Å². The SMILES string of the molecule is CC(C)C1CCCC2(CCC(OCCOC3CCC4(CCCC(C(C)C)C4)O3)O2)C1. The van der Waals surface area contributed by atoms with Crippen LogP contribution in [0.2, 0.25) is 0 Å². The van der Waals surface area contributed by atoms with E-state index < -0.39 is 0 Å². The molecule has 4 heteroatoms. The highest BCUT2D eigenvalue weighted by Crippen LogP contribution is 2.47. The van der Waals surface area contributed by atoms with Gasteiger partial charge in [0.05, 0.1) is 24.4 Å². The smallest absolute Gasteiger partial charge is 0.158 e. The van der Waals surface area contributed by atoms with Gasteiger partial charge < -0.3 is 18.9 Å². The van der Waals surface area contributed by atoms with Crippen LogP contribution in [0.25, 0.3) is 0 Å². The Balaban J connectivity index is 1.14. The molecule has 2 aliphatic carbocycles. The first-order chi connectivity index (χ1) is 14.4. The Hall–Kier alpha value is -0.160. The van der Waals surface area contributed by atoms with Gasteiger partial charge in [0.2, 0.25) is 0 Å². The van der Waals surface area contributed by atoms with Gasteiger partial charge in [-0.3, -0.25) is 0 Å². The largest absolute Gasteiger partial charge is 0.350 e. The first kappa shape index (κ1) is 23.0. The van der Waals surface area contributed by atoms with Crippen LogP contribution in [-0.4, -0.2) is 37.0 Å². The average molecular weight is 423 g/mol. The molecule has 0 aromatic heterocycles. The number of rotatable bonds is 7. The molecule has 174 valence electrons. The van der Waals surface area contributed by atoms with Crippen LogP contribution in [0.5, 0.6) is 0 Å².